The number of fused-ring (bicyclic) bond motifs is 1. The molecule has 0 fully saturated rings. The van der Waals surface area contributed by atoms with Gasteiger partial charge >= 0.3 is 0 Å². The van der Waals surface area contributed by atoms with Gasteiger partial charge in [0.05, 0.1) is 11.4 Å². The quantitative estimate of drug-likeness (QED) is 0.698. The number of rotatable bonds is 2. The smallest absolute Gasteiger partial charge is 0.133 e. The Morgan fingerprint density at radius 3 is 2.61 bits per heavy atom. The zero-order valence-corrected chi connectivity index (χ0v) is 14.8. The van der Waals surface area contributed by atoms with E-state index in [1.54, 1.807) is 0 Å². The Kier molecular flexibility index (Phi) is 3.49. The van der Waals surface area contributed by atoms with Gasteiger partial charge in [-0.25, -0.2) is 4.68 Å². The van der Waals surface area contributed by atoms with Crippen LogP contribution in [0.2, 0.25) is 0 Å². The van der Waals surface area contributed by atoms with Crippen LogP contribution in [0.3, 0.4) is 0 Å². The van der Waals surface area contributed by atoms with Crippen molar-refractivity contribution in [1.82, 2.24) is 9.78 Å². The fraction of sp³-hybridized carbons (Fsp3) is 0.211. The van der Waals surface area contributed by atoms with Crippen LogP contribution in [0, 0.1) is 13.8 Å². The van der Waals surface area contributed by atoms with Gasteiger partial charge < -0.3 is 5.32 Å². The monoisotopic (exact) mass is 367 g/mol. The van der Waals surface area contributed by atoms with Crippen molar-refractivity contribution in [3.63, 3.8) is 0 Å². The van der Waals surface area contributed by atoms with Crippen LogP contribution >= 0.6 is 15.9 Å². The van der Waals surface area contributed by atoms with E-state index in [-0.39, 0.29) is 0 Å². The molecule has 0 saturated heterocycles. The summed E-state index contributed by atoms with van der Waals surface area (Å²) in [6.45, 7) is 5.25. The lowest BCUT2D eigenvalue weighted by Crippen LogP contribution is -2.04. The molecular formula is C19H18BrN3. The zero-order valence-electron chi connectivity index (χ0n) is 13.2. The summed E-state index contributed by atoms with van der Waals surface area (Å²) in [4.78, 5) is 0. The van der Waals surface area contributed by atoms with E-state index in [0.717, 1.165) is 34.6 Å². The van der Waals surface area contributed by atoms with Crippen molar-refractivity contribution in [2.75, 3.05) is 11.9 Å². The van der Waals surface area contributed by atoms with Gasteiger partial charge in [-0.1, -0.05) is 39.2 Å². The van der Waals surface area contributed by atoms with Gasteiger partial charge in [-0.3, -0.25) is 0 Å². The lowest BCUT2D eigenvalue weighted by molar-refractivity contribution is 0.881. The van der Waals surface area contributed by atoms with E-state index in [1.165, 1.54) is 22.3 Å². The summed E-state index contributed by atoms with van der Waals surface area (Å²) in [5.74, 6) is 1.12. The van der Waals surface area contributed by atoms with Gasteiger partial charge in [0.2, 0.25) is 0 Å². The number of anilines is 1. The normalized spacial score (nSPS) is 13.0. The molecule has 0 amide bonds. The van der Waals surface area contributed by atoms with E-state index in [4.69, 9.17) is 5.10 Å². The van der Waals surface area contributed by atoms with Gasteiger partial charge in [-0.2, -0.15) is 5.10 Å². The van der Waals surface area contributed by atoms with Crippen LogP contribution in [0.5, 0.6) is 0 Å². The van der Waals surface area contributed by atoms with Gasteiger partial charge in [0.15, 0.2) is 0 Å². The van der Waals surface area contributed by atoms with Gasteiger partial charge in [-0.05, 0) is 50.6 Å². The maximum Gasteiger partial charge on any atom is 0.133 e. The Bertz CT molecular complexity index is 875. The molecule has 2 heterocycles. The molecule has 4 rings (SSSR count). The minimum Gasteiger partial charge on any atom is -0.369 e. The highest BCUT2D eigenvalue weighted by molar-refractivity contribution is 9.10. The molecule has 0 unspecified atom stereocenters. The molecule has 1 aliphatic heterocycles. The predicted octanol–water partition coefficient (Wildman–Crippen LogP) is 4.89. The summed E-state index contributed by atoms with van der Waals surface area (Å²) in [7, 11) is 0. The summed E-state index contributed by atoms with van der Waals surface area (Å²) in [5.41, 5.74) is 7.23. The SMILES string of the molecule is Cc1cc(C)cc(-c2nn(-c3cccc(Br)c3)c3c2CCN3)c1. The molecule has 0 aliphatic carbocycles. The fourth-order valence-corrected chi connectivity index (χ4v) is 3.70. The second-order valence-corrected chi connectivity index (χ2v) is 7.04. The number of nitrogens with zero attached hydrogens (tertiary/aromatic N) is 2. The Morgan fingerprint density at radius 1 is 1.09 bits per heavy atom. The number of aryl methyl sites for hydroxylation is 2. The van der Waals surface area contributed by atoms with Crippen LogP contribution in [0.4, 0.5) is 5.82 Å². The molecule has 0 atom stereocenters. The van der Waals surface area contributed by atoms with Crippen molar-refractivity contribution in [3.8, 4) is 16.9 Å². The maximum absolute atomic E-state index is 4.93. The van der Waals surface area contributed by atoms with Gasteiger partial charge in [-0.15, -0.1) is 0 Å². The number of aromatic nitrogens is 2. The number of hydrogen-bond donors (Lipinski definition) is 1. The first-order valence-electron chi connectivity index (χ1n) is 7.82. The second-order valence-electron chi connectivity index (χ2n) is 6.12. The lowest BCUT2D eigenvalue weighted by Gasteiger charge is -2.07. The second kappa shape index (κ2) is 5.53. The number of halogens is 1. The van der Waals surface area contributed by atoms with Gasteiger partial charge in [0, 0.05) is 22.1 Å². The van der Waals surface area contributed by atoms with Crippen LogP contribution in [0.1, 0.15) is 16.7 Å². The van der Waals surface area contributed by atoms with Crippen molar-refractivity contribution in [2.45, 2.75) is 20.3 Å². The van der Waals surface area contributed by atoms with Crippen LogP contribution in [-0.4, -0.2) is 16.3 Å². The molecule has 1 aromatic heterocycles. The van der Waals surface area contributed by atoms with E-state index in [9.17, 15) is 0 Å². The summed E-state index contributed by atoms with van der Waals surface area (Å²) in [6, 6.07) is 14.9. The molecule has 0 saturated carbocycles. The molecule has 4 heteroatoms. The molecule has 116 valence electrons. The highest BCUT2D eigenvalue weighted by atomic mass is 79.9. The van der Waals surface area contributed by atoms with E-state index in [0.29, 0.717) is 0 Å². The van der Waals surface area contributed by atoms with Crippen molar-refractivity contribution in [1.29, 1.82) is 0 Å². The Morgan fingerprint density at radius 2 is 1.87 bits per heavy atom. The minimum absolute atomic E-state index is 0.971. The highest BCUT2D eigenvalue weighted by Gasteiger charge is 2.24. The lowest BCUT2D eigenvalue weighted by atomic mass is 10.0. The first kappa shape index (κ1) is 14.5. The Hall–Kier alpha value is -2.07. The molecular weight excluding hydrogens is 350 g/mol. The van der Waals surface area contributed by atoms with Gasteiger partial charge in [0.1, 0.15) is 5.82 Å². The number of benzene rings is 2. The first-order chi connectivity index (χ1) is 11.1. The molecule has 3 nitrogen and oxygen atoms in total. The molecule has 0 spiro atoms. The standard InChI is InChI=1S/C19H18BrN3/c1-12-8-13(2)10-14(9-12)18-17-6-7-21-19(17)23(22-18)16-5-3-4-15(20)11-16/h3-5,8-11,21H,6-7H2,1-2H3. The molecule has 23 heavy (non-hydrogen) atoms. The van der Waals surface area contributed by atoms with Crippen LogP contribution in [-0.2, 0) is 6.42 Å². The molecule has 2 aromatic carbocycles. The fourth-order valence-electron chi connectivity index (χ4n) is 3.31. The van der Waals surface area contributed by atoms with E-state index >= 15 is 0 Å². The molecule has 0 bridgehead atoms. The van der Waals surface area contributed by atoms with Crippen molar-refractivity contribution >= 4 is 21.7 Å². The topological polar surface area (TPSA) is 29.9 Å². The van der Waals surface area contributed by atoms with Crippen LogP contribution < -0.4 is 5.32 Å². The molecule has 1 aliphatic rings. The van der Waals surface area contributed by atoms with Crippen LogP contribution in [0.25, 0.3) is 16.9 Å². The highest BCUT2D eigenvalue weighted by Crippen LogP contribution is 2.35. The third kappa shape index (κ3) is 2.57. The molecule has 3 aromatic rings. The zero-order chi connectivity index (χ0) is 16.0. The summed E-state index contributed by atoms with van der Waals surface area (Å²) < 4.78 is 3.09. The molecule has 0 radical (unpaired) electrons. The van der Waals surface area contributed by atoms with Crippen molar-refractivity contribution < 1.29 is 0 Å². The number of nitrogens with one attached hydrogen (secondary N) is 1. The maximum atomic E-state index is 4.93. The summed E-state index contributed by atoms with van der Waals surface area (Å²) in [6.07, 6.45) is 1.02. The van der Waals surface area contributed by atoms with Crippen molar-refractivity contribution in [3.05, 3.63) is 63.6 Å². The van der Waals surface area contributed by atoms with Gasteiger partial charge in [0.25, 0.3) is 0 Å². The van der Waals surface area contributed by atoms with Crippen LogP contribution in [0.15, 0.2) is 46.9 Å². The summed E-state index contributed by atoms with van der Waals surface area (Å²) >= 11 is 3.55. The van der Waals surface area contributed by atoms with Crippen molar-refractivity contribution in [2.24, 2.45) is 0 Å². The third-order valence-electron chi connectivity index (χ3n) is 4.20. The Balaban J connectivity index is 1.91. The number of hydrogen-bond acceptors (Lipinski definition) is 2. The predicted molar refractivity (Wildman–Crippen MR) is 98.4 cm³/mol. The van der Waals surface area contributed by atoms with E-state index in [2.05, 4.69) is 65.4 Å². The largest absolute Gasteiger partial charge is 0.369 e. The average Bonchev–Trinajstić information content (AvgIpc) is 3.07. The summed E-state index contributed by atoms with van der Waals surface area (Å²) in [5, 5.41) is 8.42. The first-order valence-corrected chi connectivity index (χ1v) is 8.61. The molecule has 1 N–H and O–H groups in total. The average molecular weight is 368 g/mol. The van der Waals surface area contributed by atoms with E-state index < -0.39 is 0 Å². The Labute approximate surface area is 144 Å². The van der Waals surface area contributed by atoms with E-state index in [1.807, 2.05) is 16.8 Å². The minimum atomic E-state index is 0.971. The third-order valence-corrected chi connectivity index (χ3v) is 4.69.